The second kappa shape index (κ2) is 3.83. The van der Waals surface area contributed by atoms with Crippen molar-refractivity contribution in [2.24, 2.45) is 0 Å². The van der Waals surface area contributed by atoms with Crippen LogP contribution in [0, 0.1) is 11.6 Å². The first-order valence-corrected chi connectivity index (χ1v) is 3.48. The summed E-state index contributed by atoms with van der Waals surface area (Å²) in [6, 6.07) is 1.16. The smallest absolute Gasteiger partial charge is 0.387 e. The van der Waals surface area contributed by atoms with Crippen LogP contribution in [0.2, 0.25) is 5.02 Å². The van der Waals surface area contributed by atoms with E-state index in [1.54, 1.807) is 0 Å². The molecule has 1 aromatic rings. The number of halogens is 5. The molecule has 0 fully saturated rings. The molecule has 0 radical (unpaired) electrons. The monoisotopic (exact) mass is 214 g/mol. The van der Waals surface area contributed by atoms with E-state index in [-0.39, 0.29) is 0 Å². The zero-order valence-electron chi connectivity index (χ0n) is 6.03. The van der Waals surface area contributed by atoms with Gasteiger partial charge in [0.2, 0.25) is 0 Å². The number of ether oxygens (including phenoxy) is 1. The van der Waals surface area contributed by atoms with Crippen LogP contribution in [0.4, 0.5) is 17.6 Å². The predicted octanol–water partition coefficient (Wildman–Crippen LogP) is 3.22. The number of hydrogen-bond acceptors (Lipinski definition) is 1. The van der Waals surface area contributed by atoms with Crippen molar-refractivity contribution in [1.29, 1.82) is 0 Å². The van der Waals surface area contributed by atoms with Crippen molar-refractivity contribution in [3.63, 3.8) is 0 Å². The molecular formula is C7H3ClF4O. The molecule has 6 heteroatoms. The van der Waals surface area contributed by atoms with Crippen molar-refractivity contribution in [3.8, 4) is 5.75 Å². The Kier molecular flexibility index (Phi) is 2.98. The van der Waals surface area contributed by atoms with Gasteiger partial charge in [-0.25, -0.2) is 8.78 Å². The molecule has 0 amide bonds. The van der Waals surface area contributed by atoms with E-state index in [0.29, 0.717) is 12.1 Å². The van der Waals surface area contributed by atoms with E-state index in [0.717, 1.165) is 0 Å². The van der Waals surface area contributed by atoms with Crippen LogP contribution in [0.3, 0.4) is 0 Å². The van der Waals surface area contributed by atoms with Crippen LogP contribution in [-0.2, 0) is 0 Å². The Labute approximate surface area is 75.9 Å². The van der Waals surface area contributed by atoms with E-state index in [1.165, 1.54) is 0 Å². The predicted molar refractivity (Wildman–Crippen MR) is 38.0 cm³/mol. The zero-order chi connectivity index (χ0) is 10.0. The van der Waals surface area contributed by atoms with Crippen molar-refractivity contribution in [3.05, 3.63) is 28.8 Å². The van der Waals surface area contributed by atoms with Gasteiger partial charge in [0.05, 0.1) is 0 Å². The summed E-state index contributed by atoms with van der Waals surface area (Å²) in [7, 11) is 0. The maximum Gasteiger partial charge on any atom is 0.387 e. The lowest BCUT2D eigenvalue weighted by Crippen LogP contribution is -2.02. The van der Waals surface area contributed by atoms with Crippen LogP contribution >= 0.6 is 11.6 Å². The van der Waals surface area contributed by atoms with Crippen molar-refractivity contribution in [2.45, 2.75) is 6.61 Å². The fraction of sp³-hybridized carbons (Fsp3) is 0.143. The van der Waals surface area contributed by atoms with Crippen molar-refractivity contribution >= 4 is 11.6 Å². The average molecular weight is 215 g/mol. The summed E-state index contributed by atoms with van der Waals surface area (Å²) in [4.78, 5) is 0. The Morgan fingerprint density at radius 3 is 2.00 bits per heavy atom. The maximum atomic E-state index is 12.6. The van der Waals surface area contributed by atoms with Gasteiger partial charge in [-0.15, -0.1) is 0 Å². The molecule has 0 aromatic heterocycles. The molecule has 0 aliphatic rings. The van der Waals surface area contributed by atoms with E-state index >= 15 is 0 Å². The first-order chi connectivity index (χ1) is 6.00. The molecular weight excluding hydrogens is 212 g/mol. The molecule has 0 saturated heterocycles. The summed E-state index contributed by atoms with van der Waals surface area (Å²) < 4.78 is 52.1. The van der Waals surface area contributed by atoms with Crippen molar-refractivity contribution < 1.29 is 22.3 Å². The van der Waals surface area contributed by atoms with Crippen molar-refractivity contribution in [1.82, 2.24) is 0 Å². The van der Waals surface area contributed by atoms with E-state index in [4.69, 9.17) is 11.6 Å². The first-order valence-electron chi connectivity index (χ1n) is 3.10. The molecule has 1 aromatic carbocycles. The summed E-state index contributed by atoms with van der Waals surface area (Å²) in [6.45, 7) is -3.13. The van der Waals surface area contributed by atoms with Gasteiger partial charge in [-0.05, 0) is 0 Å². The molecule has 0 heterocycles. The molecule has 0 spiro atoms. The Morgan fingerprint density at radius 2 is 1.62 bits per heavy atom. The summed E-state index contributed by atoms with van der Waals surface area (Å²) in [5.41, 5.74) is 0. The van der Waals surface area contributed by atoms with Crippen molar-refractivity contribution in [2.75, 3.05) is 0 Å². The Morgan fingerprint density at radius 1 is 1.15 bits per heavy atom. The minimum absolute atomic E-state index is 0.581. The lowest BCUT2D eigenvalue weighted by Gasteiger charge is -2.05. The lowest BCUT2D eigenvalue weighted by molar-refractivity contribution is -0.0501. The van der Waals surface area contributed by atoms with E-state index in [9.17, 15) is 17.6 Å². The van der Waals surface area contributed by atoms with Gasteiger partial charge < -0.3 is 4.74 Å². The zero-order valence-corrected chi connectivity index (χ0v) is 6.79. The van der Waals surface area contributed by atoms with Gasteiger partial charge in [-0.3, -0.25) is 0 Å². The molecule has 0 unspecified atom stereocenters. The quantitative estimate of drug-likeness (QED) is 0.543. The summed E-state index contributed by atoms with van der Waals surface area (Å²) in [6.07, 6.45) is 0. The molecule has 72 valence electrons. The molecule has 0 atom stereocenters. The minimum atomic E-state index is -3.13. The van der Waals surface area contributed by atoms with Crippen LogP contribution in [0.5, 0.6) is 5.75 Å². The van der Waals surface area contributed by atoms with Gasteiger partial charge in [0.25, 0.3) is 0 Å². The number of rotatable bonds is 2. The highest BCUT2D eigenvalue weighted by Gasteiger charge is 2.12. The van der Waals surface area contributed by atoms with Crippen LogP contribution < -0.4 is 4.74 Å². The molecule has 0 saturated carbocycles. The molecule has 0 aliphatic carbocycles. The van der Waals surface area contributed by atoms with E-state index < -0.39 is 29.0 Å². The second-order valence-electron chi connectivity index (χ2n) is 2.08. The topological polar surface area (TPSA) is 9.23 Å². The third-order valence-electron chi connectivity index (χ3n) is 1.18. The van der Waals surface area contributed by atoms with Crippen LogP contribution in [0.1, 0.15) is 0 Å². The molecule has 0 bridgehead atoms. The molecule has 1 rings (SSSR count). The minimum Gasteiger partial charge on any atom is -0.435 e. The third-order valence-corrected chi connectivity index (χ3v) is 1.54. The fourth-order valence-corrected chi connectivity index (χ4v) is 0.812. The Hall–Kier alpha value is -0.970. The number of benzene rings is 1. The second-order valence-corrected chi connectivity index (χ2v) is 2.46. The summed E-state index contributed by atoms with van der Waals surface area (Å²) >= 11 is 5.09. The lowest BCUT2D eigenvalue weighted by atomic mass is 10.3. The van der Waals surface area contributed by atoms with Crippen LogP contribution in [-0.4, -0.2) is 6.61 Å². The molecule has 1 nitrogen and oxygen atoms in total. The van der Waals surface area contributed by atoms with Gasteiger partial charge in [0, 0.05) is 12.1 Å². The highest BCUT2D eigenvalue weighted by Crippen LogP contribution is 2.25. The number of hydrogen-bond donors (Lipinski definition) is 0. The van der Waals surface area contributed by atoms with Crippen LogP contribution in [0.15, 0.2) is 12.1 Å². The first kappa shape index (κ1) is 10.1. The standard InChI is InChI=1S/C7H3ClF4O/c8-6-4(9)1-3(2-5(6)10)13-7(11)12/h1-2,7H. The van der Waals surface area contributed by atoms with Gasteiger partial charge in [0.1, 0.15) is 22.4 Å². The normalized spacial score (nSPS) is 10.6. The average Bonchev–Trinajstić information content (AvgIpc) is 1.98. The number of alkyl halides is 2. The fourth-order valence-electron chi connectivity index (χ4n) is 0.703. The van der Waals surface area contributed by atoms with Crippen LogP contribution in [0.25, 0.3) is 0 Å². The third kappa shape index (κ3) is 2.48. The molecule has 13 heavy (non-hydrogen) atoms. The Balaban J connectivity index is 2.99. The maximum absolute atomic E-state index is 12.6. The highest BCUT2D eigenvalue weighted by molar-refractivity contribution is 6.30. The molecule has 0 aliphatic heterocycles. The Bertz CT molecular complexity index is 292. The van der Waals surface area contributed by atoms with Gasteiger partial charge in [-0.1, -0.05) is 11.6 Å². The largest absolute Gasteiger partial charge is 0.435 e. The van der Waals surface area contributed by atoms with E-state index in [2.05, 4.69) is 4.74 Å². The van der Waals surface area contributed by atoms with Gasteiger partial charge >= 0.3 is 6.61 Å². The SMILES string of the molecule is Fc1cc(OC(F)F)cc(F)c1Cl. The van der Waals surface area contributed by atoms with Gasteiger partial charge in [-0.2, -0.15) is 8.78 Å². The van der Waals surface area contributed by atoms with Gasteiger partial charge in [0.15, 0.2) is 0 Å². The summed E-state index contributed by atoms with van der Waals surface area (Å²) in [5, 5.41) is -0.749. The molecule has 0 N–H and O–H groups in total. The van der Waals surface area contributed by atoms with E-state index in [1.807, 2.05) is 0 Å². The summed E-state index contributed by atoms with van der Waals surface area (Å²) in [5.74, 6) is -2.89. The highest BCUT2D eigenvalue weighted by atomic mass is 35.5.